The van der Waals surface area contributed by atoms with Gasteiger partial charge in [-0.15, -0.1) is 0 Å². The second-order valence-corrected chi connectivity index (χ2v) is 4.46. The summed E-state index contributed by atoms with van der Waals surface area (Å²) in [6.45, 7) is 0. The molecular weight excluding hydrogens is 220 g/mol. The molecule has 0 aromatic carbocycles. The van der Waals surface area contributed by atoms with E-state index in [1.165, 1.54) is 0 Å². The number of carbonyl (C=O) groups excluding carboxylic acids is 1. The largest absolute Gasteiger partial charge is 0.481 e. The van der Waals surface area contributed by atoms with E-state index in [-0.39, 0.29) is 11.9 Å². The molecule has 2 rings (SSSR count). The van der Waals surface area contributed by atoms with Crippen LogP contribution in [0.2, 0.25) is 0 Å². The number of hydrogen-bond acceptors (Lipinski definition) is 2. The molecule has 1 saturated carbocycles. The third kappa shape index (κ3) is 2.33. The molecular formula is C12H16N2O3. The van der Waals surface area contributed by atoms with Gasteiger partial charge in [0.25, 0.3) is 5.91 Å². The number of carboxylic acids is 1. The number of carboxylic acid groups (broad SMARTS) is 1. The molecule has 1 aliphatic rings. The minimum atomic E-state index is -0.820. The van der Waals surface area contributed by atoms with Crippen LogP contribution >= 0.6 is 0 Å². The van der Waals surface area contributed by atoms with Crippen molar-refractivity contribution < 1.29 is 14.7 Å². The Labute approximate surface area is 99.4 Å². The van der Waals surface area contributed by atoms with E-state index in [1.807, 2.05) is 0 Å². The Morgan fingerprint density at radius 1 is 1.47 bits per heavy atom. The third-order valence-corrected chi connectivity index (χ3v) is 3.33. The first-order valence-corrected chi connectivity index (χ1v) is 5.74. The summed E-state index contributed by atoms with van der Waals surface area (Å²) in [7, 11) is 1.79. The van der Waals surface area contributed by atoms with Gasteiger partial charge in [0, 0.05) is 19.3 Å². The molecule has 2 N–H and O–H groups in total. The molecule has 1 aromatic heterocycles. The zero-order valence-corrected chi connectivity index (χ0v) is 9.72. The number of amides is 1. The maximum atomic E-state index is 11.9. The Kier molecular flexibility index (Phi) is 3.17. The van der Waals surface area contributed by atoms with E-state index in [2.05, 4.69) is 5.32 Å². The van der Waals surface area contributed by atoms with Gasteiger partial charge in [-0.2, -0.15) is 0 Å². The van der Waals surface area contributed by atoms with Crippen molar-refractivity contribution in [2.45, 2.75) is 25.3 Å². The molecule has 5 nitrogen and oxygen atoms in total. The lowest BCUT2D eigenvalue weighted by atomic mass is 10.0. The summed E-state index contributed by atoms with van der Waals surface area (Å²) in [6, 6.07) is 3.27. The minimum absolute atomic E-state index is 0.198. The first kappa shape index (κ1) is 11.7. The van der Waals surface area contributed by atoms with Gasteiger partial charge in [-0.25, -0.2) is 0 Å². The first-order chi connectivity index (χ1) is 8.09. The van der Waals surface area contributed by atoms with Crippen LogP contribution in [-0.2, 0) is 11.8 Å². The molecule has 0 spiro atoms. The van der Waals surface area contributed by atoms with Crippen molar-refractivity contribution in [2.24, 2.45) is 13.0 Å². The number of aromatic nitrogens is 1. The first-order valence-electron chi connectivity index (χ1n) is 5.74. The van der Waals surface area contributed by atoms with Crippen molar-refractivity contribution in [3.8, 4) is 0 Å². The molecule has 1 aromatic rings. The highest BCUT2D eigenvalue weighted by molar-refractivity contribution is 5.93. The highest BCUT2D eigenvalue weighted by Gasteiger charge is 2.34. The quantitative estimate of drug-likeness (QED) is 0.822. The summed E-state index contributed by atoms with van der Waals surface area (Å²) in [5.74, 6) is -1.46. The van der Waals surface area contributed by atoms with Crippen molar-refractivity contribution >= 4 is 11.9 Å². The van der Waals surface area contributed by atoms with Crippen LogP contribution < -0.4 is 5.32 Å². The number of hydrogen-bond donors (Lipinski definition) is 2. The Bertz CT molecular complexity index is 439. The van der Waals surface area contributed by atoms with Gasteiger partial charge in [0.05, 0.1) is 5.92 Å². The normalized spacial score (nSPS) is 23.6. The predicted octanol–water partition coefficient (Wildman–Crippen LogP) is 1.01. The summed E-state index contributed by atoms with van der Waals surface area (Å²) in [5.41, 5.74) is 0.557. The van der Waals surface area contributed by atoms with E-state index >= 15 is 0 Å². The van der Waals surface area contributed by atoms with Gasteiger partial charge >= 0.3 is 5.97 Å². The van der Waals surface area contributed by atoms with E-state index in [1.54, 1.807) is 29.9 Å². The SMILES string of the molecule is Cn1cccc1C(=O)NC1CCCC1C(=O)O. The van der Waals surface area contributed by atoms with Gasteiger partial charge in [-0.05, 0) is 25.0 Å². The molecule has 2 unspecified atom stereocenters. The fourth-order valence-corrected chi connectivity index (χ4v) is 2.37. The van der Waals surface area contributed by atoms with Crippen LogP contribution in [0.3, 0.4) is 0 Å². The number of nitrogens with one attached hydrogen (secondary N) is 1. The fraction of sp³-hybridized carbons (Fsp3) is 0.500. The van der Waals surface area contributed by atoms with E-state index in [0.717, 1.165) is 12.8 Å². The van der Waals surface area contributed by atoms with Crippen molar-refractivity contribution in [1.29, 1.82) is 0 Å². The summed E-state index contributed by atoms with van der Waals surface area (Å²) >= 11 is 0. The van der Waals surface area contributed by atoms with Gasteiger partial charge in [0.15, 0.2) is 0 Å². The molecule has 1 heterocycles. The van der Waals surface area contributed by atoms with E-state index in [0.29, 0.717) is 12.1 Å². The lowest BCUT2D eigenvalue weighted by Crippen LogP contribution is -2.40. The fourth-order valence-electron chi connectivity index (χ4n) is 2.37. The summed E-state index contributed by atoms with van der Waals surface area (Å²) in [6.07, 6.45) is 4.04. The lowest BCUT2D eigenvalue weighted by Gasteiger charge is -2.17. The average molecular weight is 236 g/mol. The van der Waals surface area contributed by atoms with Gasteiger partial charge < -0.3 is 15.0 Å². The molecule has 0 radical (unpaired) electrons. The Hall–Kier alpha value is -1.78. The number of aryl methyl sites for hydroxylation is 1. The highest BCUT2D eigenvalue weighted by Crippen LogP contribution is 2.26. The molecule has 92 valence electrons. The zero-order chi connectivity index (χ0) is 12.4. The molecule has 17 heavy (non-hydrogen) atoms. The molecule has 0 saturated heterocycles. The maximum absolute atomic E-state index is 11.9. The van der Waals surface area contributed by atoms with Crippen molar-refractivity contribution in [3.63, 3.8) is 0 Å². The number of aliphatic carboxylic acids is 1. The van der Waals surface area contributed by atoms with E-state index < -0.39 is 11.9 Å². The van der Waals surface area contributed by atoms with Crippen molar-refractivity contribution in [3.05, 3.63) is 24.0 Å². The van der Waals surface area contributed by atoms with Crippen LogP contribution in [0.4, 0.5) is 0 Å². The van der Waals surface area contributed by atoms with Crippen LogP contribution in [0.25, 0.3) is 0 Å². The Morgan fingerprint density at radius 3 is 2.82 bits per heavy atom. The second-order valence-electron chi connectivity index (χ2n) is 4.46. The number of carbonyl (C=O) groups is 2. The van der Waals surface area contributed by atoms with Crippen molar-refractivity contribution in [2.75, 3.05) is 0 Å². The van der Waals surface area contributed by atoms with Crippen LogP contribution in [0.1, 0.15) is 29.8 Å². The summed E-state index contributed by atoms with van der Waals surface area (Å²) in [4.78, 5) is 22.9. The van der Waals surface area contributed by atoms with Crippen LogP contribution in [0.5, 0.6) is 0 Å². The molecule has 2 atom stereocenters. The second kappa shape index (κ2) is 4.61. The highest BCUT2D eigenvalue weighted by atomic mass is 16.4. The van der Waals surface area contributed by atoms with Crippen LogP contribution in [0, 0.1) is 5.92 Å². The summed E-state index contributed by atoms with van der Waals surface area (Å²) < 4.78 is 1.72. The van der Waals surface area contributed by atoms with Crippen LogP contribution in [-0.4, -0.2) is 27.6 Å². The standard InChI is InChI=1S/C12H16N2O3/c1-14-7-3-6-10(14)11(15)13-9-5-2-4-8(9)12(16)17/h3,6-9H,2,4-5H2,1H3,(H,13,15)(H,16,17). The monoisotopic (exact) mass is 236 g/mol. The smallest absolute Gasteiger partial charge is 0.308 e. The summed E-state index contributed by atoms with van der Waals surface area (Å²) in [5, 5.41) is 11.8. The van der Waals surface area contributed by atoms with Crippen molar-refractivity contribution in [1.82, 2.24) is 9.88 Å². The van der Waals surface area contributed by atoms with Gasteiger partial charge in [-0.3, -0.25) is 9.59 Å². The van der Waals surface area contributed by atoms with Gasteiger partial charge in [0.1, 0.15) is 5.69 Å². The molecule has 0 bridgehead atoms. The maximum Gasteiger partial charge on any atom is 0.308 e. The number of nitrogens with zero attached hydrogens (tertiary/aromatic N) is 1. The third-order valence-electron chi connectivity index (χ3n) is 3.33. The van der Waals surface area contributed by atoms with E-state index in [4.69, 9.17) is 5.11 Å². The van der Waals surface area contributed by atoms with Crippen LogP contribution in [0.15, 0.2) is 18.3 Å². The molecule has 1 amide bonds. The Morgan fingerprint density at radius 2 is 2.24 bits per heavy atom. The van der Waals surface area contributed by atoms with E-state index in [9.17, 15) is 9.59 Å². The topological polar surface area (TPSA) is 71.3 Å². The Balaban J connectivity index is 2.04. The zero-order valence-electron chi connectivity index (χ0n) is 9.72. The van der Waals surface area contributed by atoms with Gasteiger partial charge in [-0.1, -0.05) is 6.42 Å². The molecule has 1 aliphatic carbocycles. The lowest BCUT2D eigenvalue weighted by molar-refractivity contribution is -0.142. The van der Waals surface area contributed by atoms with Gasteiger partial charge in [0.2, 0.25) is 0 Å². The minimum Gasteiger partial charge on any atom is -0.481 e. The average Bonchev–Trinajstić information content (AvgIpc) is 2.86. The molecule has 1 fully saturated rings. The molecule has 5 heteroatoms. The molecule has 0 aliphatic heterocycles. The predicted molar refractivity (Wildman–Crippen MR) is 61.6 cm³/mol. The number of rotatable bonds is 3.